The molecule has 0 unspecified atom stereocenters. The predicted octanol–water partition coefficient (Wildman–Crippen LogP) is 3.07. The lowest BCUT2D eigenvalue weighted by atomic mass is 10.1. The van der Waals surface area contributed by atoms with Crippen LogP contribution in [0.25, 0.3) is 0 Å². The normalized spacial score (nSPS) is 13.2. The Hall–Kier alpha value is -3.56. The highest BCUT2D eigenvalue weighted by atomic mass is 19.4. The van der Waals surface area contributed by atoms with Crippen LogP contribution < -0.4 is 20.2 Å². The van der Waals surface area contributed by atoms with Gasteiger partial charge in [0.25, 0.3) is 5.91 Å². The Bertz CT molecular complexity index is 940. The van der Waals surface area contributed by atoms with Crippen LogP contribution in [0.3, 0.4) is 0 Å². The van der Waals surface area contributed by atoms with Gasteiger partial charge < -0.3 is 14.8 Å². The summed E-state index contributed by atoms with van der Waals surface area (Å²) in [5.41, 5.74) is 3.67. The van der Waals surface area contributed by atoms with Gasteiger partial charge in [-0.1, -0.05) is 12.1 Å². The minimum Gasteiger partial charge on any atom is -0.454 e. The lowest BCUT2D eigenvalue weighted by molar-refractivity contribution is -0.167. The molecule has 0 spiro atoms. The molecule has 7 nitrogen and oxygen atoms in total. The highest BCUT2D eigenvalue weighted by molar-refractivity contribution is 6.01. The first-order chi connectivity index (χ1) is 13.2. The lowest BCUT2D eigenvalue weighted by Crippen LogP contribution is -2.29. The predicted molar refractivity (Wildman–Crippen MR) is 93.4 cm³/mol. The molecular weight excluding hydrogens is 379 g/mol. The number of hydrogen-bond donors (Lipinski definition) is 2. The van der Waals surface area contributed by atoms with Gasteiger partial charge >= 0.3 is 12.1 Å². The third-order valence-corrected chi connectivity index (χ3v) is 3.78. The number of carbonyl (C=O) groups excluding carboxylic acids is 2. The number of ether oxygens (including phenoxy) is 2. The van der Waals surface area contributed by atoms with Crippen molar-refractivity contribution >= 4 is 23.2 Å². The number of anilines is 1. The van der Waals surface area contributed by atoms with Crippen LogP contribution in [0.4, 0.5) is 18.9 Å². The molecule has 1 aliphatic rings. The second kappa shape index (κ2) is 7.59. The Morgan fingerprint density at radius 3 is 2.32 bits per heavy atom. The van der Waals surface area contributed by atoms with E-state index in [0.717, 1.165) is 0 Å². The largest absolute Gasteiger partial charge is 0.471 e. The molecule has 0 saturated heterocycles. The molecule has 0 radical (unpaired) electrons. The molecule has 10 heteroatoms. The average molecular weight is 393 g/mol. The molecule has 0 saturated carbocycles. The van der Waals surface area contributed by atoms with Crippen molar-refractivity contribution in [2.75, 3.05) is 12.1 Å². The van der Waals surface area contributed by atoms with Gasteiger partial charge in [-0.15, -0.1) is 0 Å². The molecule has 1 aliphatic heterocycles. The number of benzene rings is 2. The number of nitrogens with zero attached hydrogens (tertiary/aromatic N) is 1. The summed E-state index contributed by atoms with van der Waals surface area (Å²) in [5, 5.41) is 5.72. The van der Waals surface area contributed by atoms with E-state index < -0.39 is 18.0 Å². The highest BCUT2D eigenvalue weighted by Gasteiger charge is 2.38. The second-order valence-electron chi connectivity index (χ2n) is 5.74. The number of carbonyl (C=O) groups is 2. The van der Waals surface area contributed by atoms with Crippen LogP contribution in [0.5, 0.6) is 11.5 Å². The van der Waals surface area contributed by atoms with Crippen LogP contribution in [-0.2, 0) is 4.79 Å². The fourth-order valence-corrected chi connectivity index (χ4v) is 2.30. The topological polar surface area (TPSA) is 89.0 Å². The molecule has 0 aliphatic carbocycles. The van der Waals surface area contributed by atoms with E-state index in [0.29, 0.717) is 28.3 Å². The number of nitrogens with one attached hydrogen (secondary N) is 2. The summed E-state index contributed by atoms with van der Waals surface area (Å²) >= 11 is 0. The standard InChI is InChI=1S/C18H14F3N3O4/c1-10(11-2-5-13(6-3-11)22-17(26)18(19,20)21)23-24-16(25)12-4-7-14-15(8-12)28-9-27-14/h2-8H,9H2,1H3,(H,22,26)(H,24,25). The summed E-state index contributed by atoms with van der Waals surface area (Å²) in [4.78, 5) is 23.1. The molecule has 2 amide bonds. The number of rotatable bonds is 4. The summed E-state index contributed by atoms with van der Waals surface area (Å²) < 4.78 is 47.1. The maximum absolute atomic E-state index is 12.2. The Kier molecular flexibility index (Phi) is 5.21. The molecule has 2 aromatic rings. The van der Waals surface area contributed by atoms with E-state index in [9.17, 15) is 22.8 Å². The molecule has 28 heavy (non-hydrogen) atoms. The summed E-state index contributed by atoms with van der Waals surface area (Å²) in [6, 6.07) is 10.2. The van der Waals surface area contributed by atoms with Crippen molar-refractivity contribution in [1.82, 2.24) is 5.43 Å². The zero-order valence-electron chi connectivity index (χ0n) is 14.5. The minimum absolute atomic E-state index is 0.0109. The van der Waals surface area contributed by atoms with Crippen molar-refractivity contribution in [3.63, 3.8) is 0 Å². The SMILES string of the molecule is CC(=NNC(=O)c1ccc2c(c1)OCO2)c1ccc(NC(=O)C(F)(F)F)cc1. The van der Waals surface area contributed by atoms with Crippen LogP contribution in [0.1, 0.15) is 22.8 Å². The third-order valence-electron chi connectivity index (χ3n) is 3.78. The summed E-state index contributed by atoms with van der Waals surface area (Å²) in [6.07, 6.45) is -4.96. The Morgan fingerprint density at radius 1 is 1.00 bits per heavy atom. The molecule has 2 N–H and O–H groups in total. The number of hydrazone groups is 1. The average Bonchev–Trinajstić information content (AvgIpc) is 3.13. The number of fused-ring (bicyclic) bond motifs is 1. The quantitative estimate of drug-likeness (QED) is 0.617. The van der Waals surface area contributed by atoms with E-state index in [1.807, 2.05) is 0 Å². The van der Waals surface area contributed by atoms with E-state index >= 15 is 0 Å². The van der Waals surface area contributed by atoms with Gasteiger partial charge in [0.1, 0.15) is 0 Å². The van der Waals surface area contributed by atoms with Gasteiger partial charge in [-0.05, 0) is 42.8 Å². The highest BCUT2D eigenvalue weighted by Crippen LogP contribution is 2.32. The van der Waals surface area contributed by atoms with Gasteiger partial charge in [0, 0.05) is 11.3 Å². The van der Waals surface area contributed by atoms with Crippen LogP contribution >= 0.6 is 0 Å². The van der Waals surface area contributed by atoms with Crippen molar-refractivity contribution < 1.29 is 32.2 Å². The Labute approximate surface area is 157 Å². The monoisotopic (exact) mass is 393 g/mol. The summed E-state index contributed by atoms with van der Waals surface area (Å²) in [6.45, 7) is 1.71. The Morgan fingerprint density at radius 2 is 1.64 bits per heavy atom. The van der Waals surface area contributed by atoms with Gasteiger partial charge in [0.2, 0.25) is 6.79 Å². The van der Waals surface area contributed by atoms with Crippen LogP contribution in [0.2, 0.25) is 0 Å². The first kappa shape index (κ1) is 19.2. The van der Waals surface area contributed by atoms with Crippen molar-refractivity contribution in [3.05, 3.63) is 53.6 Å². The lowest BCUT2D eigenvalue weighted by Gasteiger charge is -2.08. The minimum atomic E-state index is -4.96. The van der Waals surface area contributed by atoms with Crippen LogP contribution in [-0.4, -0.2) is 30.5 Å². The number of hydrogen-bond acceptors (Lipinski definition) is 5. The van der Waals surface area contributed by atoms with Crippen LogP contribution in [0, 0.1) is 0 Å². The molecule has 2 aromatic carbocycles. The third kappa shape index (κ3) is 4.40. The van der Waals surface area contributed by atoms with E-state index in [2.05, 4.69) is 10.5 Å². The van der Waals surface area contributed by atoms with E-state index in [1.54, 1.807) is 24.4 Å². The molecule has 0 aromatic heterocycles. The van der Waals surface area contributed by atoms with E-state index in [-0.39, 0.29) is 12.5 Å². The zero-order chi connectivity index (χ0) is 20.3. The van der Waals surface area contributed by atoms with Crippen molar-refractivity contribution in [1.29, 1.82) is 0 Å². The van der Waals surface area contributed by atoms with Crippen molar-refractivity contribution in [2.24, 2.45) is 5.10 Å². The molecule has 1 heterocycles. The maximum atomic E-state index is 12.2. The molecule has 146 valence electrons. The smallest absolute Gasteiger partial charge is 0.454 e. The first-order valence-electron chi connectivity index (χ1n) is 7.97. The zero-order valence-corrected chi connectivity index (χ0v) is 14.5. The molecule has 0 fully saturated rings. The van der Waals surface area contributed by atoms with Gasteiger partial charge in [0.15, 0.2) is 11.5 Å². The molecular formula is C18H14F3N3O4. The molecule has 0 bridgehead atoms. The Balaban J connectivity index is 1.63. The van der Waals surface area contributed by atoms with Gasteiger partial charge in [-0.25, -0.2) is 5.43 Å². The second-order valence-corrected chi connectivity index (χ2v) is 5.74. The van der Waals surface area contributed by atoms with Gasteiger partial charge in [-0.3, -0.25) is 9.59 Å². The fourth-order valence-electron chi connectivity index (χ4n) is 2.30. The number of alkyl halides is 3. The summed E-state index contributed by atoms with van der Waals surface area (Å²) in [7, 11) is 0. The van der Waals surface area contributed by atoms with Gasteiger partial charge in [-0.2, -0.15) is 18.3 Å². The fraction of sp³-hybridized carbons (Fsp3) is 0.167. The maximum Gasteiger partial charge on any atom is 0.471 e. The van der Waals surface area contributed by atoms with Crippen LogP contribution in [0.15, 0.2) is 47.6 Å². The first-order valence-corrected chi connectivity index (χ1v) is 7.97. The number of amides is 2. The van der Waals surface area contributed by atoms with Crippen molar-refractivity contribution in [3.8, 4) is 11.5 Å². The summed E-state index contributed by atoms with van der Waals surface area (Å²) in [5.74, 6) is -1.51. The molecule has 0 atom stereocenters. The molecule has 3 rings (SSSR count). The van der Waals surface area contributed by atoms with Crippen molar-refractivity contribution in [2.45, 2.75) is 13.1 Å². The number of halogens is 3. The van der Waals surface area contributed by atoms with Gasteiger partial charge in [0.05, 0.1) is 5.71 Å². The van der Waals surface area contributed by atoms with E-state index in [4.69, 9.17) is 9.47 Å². The van der Waals surface area contributed by atoms with E-state index in [1.165, 1.54) is 30.3 Å².